The van der Waals surface area contributed by atoms with Crippen LogP contribution in [0, 0.1) is 5.92 Å². The van der Waals surface area contributed by atoms with Crippen molar-refractivity contribution in [3.63, 3.8) is 0 Å². The van der Waals surface area contributed by atoms with Gasteiger partial charge in [-0.05, 0) is 18.8 Å². The van der Waals surface area contributed by atoms with Crippen LogP contribution in [0.4, 0.5) is 0 Å². The molecule has 0 radical (unpaired) electrons. The maximum Gasteiger partial charge on any atom is 0.245 e. The largest absolute Gasteiger partial charge is 0.421 e. The average Bonchev–Trinajstić information content (AvgIpc) is 2.84. The Morgan fingerprint density at radius 3 is 2.93 bits per heavy atom. The summed E-state index contributed by atoms with van der Waals surface area (Å²) in [6.45, 7) is 4.88. The molecular weight excluding hydrogens is 194 g/mol. The van der Waals surface area contributed by atoms with Crippen LogP contribution in [0.15, 0.2) is 4.42 Å². The standard InChI is InChI=1S/C10H17N3O2/c1-3-7(11)9-12-13-10(15-9)8-6(2)4-5-14-8/h6-8H,3-5,11H2,1-2H3. The van der Waals surface area contributed by atoms with E-state index in [1.54, 1.807) is 0 Å². The van der Waals surface area contributed by atoms with E-state index in [0.717, 1.165) is 19.4 Å². The summed E-state index contributed by atoms with van der Waals surface area (Å²) in [6, 6.07) is -0.164. The van der Waals surface area contributed by atoms with Crippen LogP contribution in [-0.4, -0.2) is 16.8 Å². The highest BCUT2D eigenvalue weighted by molar-refractivity contribution is 4.94. The Hall–Kier alpha value is -0.940. The zero-order chi connectivity index (χ0) is 10.8. The van der Waals surface area contributed by atoms with Crippen molar-refractivity contribution in [1.82, 2.24) is 10.2 Å². The van der Waals surface area contributed by atoms with Crippen LogP contribution >= 0.6 is 0 Å². The van der Waals surface area contributed by atoms with Crippen molar-refractivity contribution < 1.29 is 9.15 Å². The molecule has 0 aromatic carbocycles. The minimum absolute atomic E-state index is 0.0460. The topological polar surface area (TPSA) is 74.2 Å². The molecule has 3 atom stereocenters. The molecule has 0 amide bonds. The smallest absolute Gasteiger partial charge is 0.245 e. The minimum Gasteiger partial charge on any atom is -0.421 e. The summed E-state index contributed by atoms with van der Waals surface area (Å²) >= 11 is 0. The van der Waals surface area contributed by atoms with Gasteiger partial charge in [-0.3, -0.25) is 0 Å². The molecule has 1 aliphatic rings. The SMILES string of the molecule is CCC(N)c1nnc(C2OCCC2C)o1. The molecule has 0 bridgehead atoms. The monoisotopic (exact) mass is 211 g/mol. The first-order valence-electron chi connectivity index (χ1n) is 5.42. The van der Waals surface area contributed by atoms with E-state index in [1.807, 2.05) is 6.92 Å². The lowest BCUT2D eigenvalue weighted by Crippen LogP contribution is -2.08. The van der Waals surface area contributed by atoms with Gasteiger partial charge in [0.2, 0.25) is 11.8 Å². The van der Waals surface area contributed by atoms with Crippen LogP contribution < -0.4 is 5.73 Å². The predicted octanol–water partition coefficient (Wildman–Crippen LogP) is 1.58. The normalized spacial score (nSPS) is 28.2. The van der Waals surface area contributed by atoms with Crippen molar-refractivity contribution in [1.29, 1.82) is 0 Å². The first-order valence-corrected chi connectivity index (χ1v) is 5.42. The Morgan fingerprint density at radius 1 is 1.53 bits per heavy atom. The quantitative estimate of drug-likeness (QED) is 0.821. The maximum atomic E-state index is 5.80. The van der Waals surface area contributed by atoms with Crippen LogP contribution in [0.3, 0.4) is 0 Å². The number of aromatic nitrogens is 2. The van der Waals surface area contributed by atoms with E-state index in [0.29, 0.717) is 17.7 Å². The van der Waals surface area contributed by atoms with Crippen molar-refractivity contribution in [3.05, 3.63) is 11.8 Å². The molecule has 84 valence electrons. The number of ether oxygens (including phenoxy) is 1. The van der Waals surface area contributed by atoms with Crippen molar-refractivity contribution in [2.75, 3.05) is 6.61 Å². The van der Waals surface area contributed by atoms with Gasteiger partial charge < -0.3 is 14.9 Å². The number of hydrogen-bond acceptors (Lipinski definition) is 5. The Morgan fingerprint density at radius 2 is 2.33 bits per heavy atom. The van der Waals surface area contributed by atoms with Gasteiger partial charge in [-0.1, -0.05) is 13.8 Å². The van der Waals surface area contributed by atoms with Gasteiger partial charge in [-0.2, -0.15) is 0 Å². The Bertz CT molecular complexity index is 326. The fraction of sp³-hybridized carbons (Fsp3) is 0.800. The Labute approximate surface area is 89.0 Å². The van der Waals surface area contributed by atoms with Crippen molar-refractivity contribution >= 4 is 0 Å². The number of hydrogen-bond donors (Lipinski definition) is 1. The molecule has 2 rings (SSSR count). The van der Waals surface area contributed by atoms with Crippen LogP contribution in [-0.2, 0) is 4.74 Å². The lowest BCUT2D eigenvalue weighted by atomic mass is 10.0. The molecule has 0 saturated carbocycles. The van der Waals surface area contributed by atoms with Crippen LogP contribution in [0.25, 0.3) is 0 Å². The van der Waals surface area contributed by atoms with Crippen LogP contribution in [0.5, 0.6) is 0 Å². The minimum atomic E-state index is -0.164. The van der Waals surface area contributed by atoms with Gasteiger partial charge in [-0.25, -0.2) is 0 Å². The fourth-order valence-electron chi connectivity index (χ4n) is 1.70. The molecule has 1 saturated heterocycles. The van der Waals surface area contributed by atoms with Crippen molar-refractivity contribution in [3.8, 4) is 0 Å². The van der Waals surface area contributed by atoms with Gasteiger partial charge in [0.15, 0.2) is 0 Å². The molecule has 3 unspecified atom stereocenters. The van der Waals surface area contributed by atoms with E-state index in [4.69, 9.17) is 14.9 Å². The Balaban J connectivity index is 2.12. The molecule has 15 heavy (non-hydrogen) atoms. The lowest BCUT2D eigenvalue weighted by Gasteiger charge is -2.08. The summed E-state index contributed by atoms with van der Waals surface area (Å²) in [5.74, 6) is 1.52. The van der Waals surface area contributed by atoms with E-state index < -0.39 is 0 Å². The molecule has 5 heteroatoms. The molecule has 1 aromatic rings. The number of nitrogens with two attached hydrogens (primary N) is 1. The third-order valence-corrected chi connectivity index (χ3v) is 2.84. The Kier molecular flexibility index (Phi) is 3.02. The highest BCUT2D eigenvalue weighted by Gasteiger charge is 2.31. The number of rotatable bonds is 3. The molecule has 0 aliphatic carbocycles. The van der Waals surface area contributed by atoms with Gasteiger partial charge in [0.05, 0.1) is 6.04 Å². The third-order valence-electron chi connectivity index (χ3n) is 2.84. The molecule has 2 heterocycles. The summed E-state index contributed by atoms with van der Waals surface area (Å²) in [4.78, 5) is 0. The molecule has 5 nitrogen and oxygen atoms in total. The lowest BCUT2D eigenvalue weighted by molar-refractivity contribution is 0.0700. The first kappa shape index (κ1) is 10.6. The summed E-state index contributed by atoms with van der Waals surface area (Å²) in [5, 5.41) is 7.94. The fourth-order valence-corrected chi connectivity index (χ4v) is 1.70. The van der Waals surface area contributed by atoms with Gasteiger partial charge in [0.1, 0.15) is 6.10 Å². The summed E-state index contributed by atoms with van der Waals surface area (Å²) < 4.78 is 11.1. The maximum absolute atomic E-state index is 5.80. The second-order valence-corrected chi connectivity index (χ2v) is 4.05. The molecule has 0 spiro atoms. The van der Waals surface area contributed by atoms with Crippen molar-refractivity contribution in [2.45, 2.75) is 38.8 Å². The highest BCUT2D eigenvalue weighted by Crippen LogP contribution is 2.33. The van der Waals surface area contributed by atoms with Crippen molar-refractivity contribution in [2.24, 2.45) is 11.7 Å². The molecular formula is C10H17N3O2. The van der Waals surface area contributed by atoms with Gasteiger partial charge >= 0.3 is 0 Å². The van der Waals surface area contributed by atoms with E-state index in [9.17, 15) is 0 Å². The average molecular weight is 211 g/mol. The van der Waals surface area contributed by atoms with E-state index in [1.165, 1.54) is 0 Å². The summed E-state index contributed by atoms with van der Waals surface area (Å²) in [7, 11) is 0. The summed E-state index contributed by atoms with van der Waals surface area (Å²) in [6.07, 6.45) is 1.79. The van der Waals surface area contributed by atoms with Gasteiger partial charge in [0, 0.05) is 6.61 Å². The first-order chi connectivity index (χ1) is 7.22. The number of nitrogens with zero attached hydrogens (tertiary/aromatic N) is 2. The molecule has 1 fully saturated rings. The molecule has 1 aliphatic heterocycles. The van der Waals surface area contributed by atoms with Gasteiger partial charge in [-0.15, -0.1) is 10.2 Å². The van der Waals surface area contributed by atoms with E-state index >= 15 is 0 Å². The summed E-state index contributed by atoms with van der Waals surface area (Å²) in [5.41, 5.74) is 5.80. The zero-order valence-electron chi connectivity index (χ0n) is 9.14. The zero-order valence-corrected chi connectivity index (χ0v) is 9.14. The third kappa shape index (κ3) is 2.03. The van der Waals surface area contributed by atoms with Gasteiger partial charge in [0.25, 0.3) is 0 Å². The van der Waals surface area contributed by atoms with E-state index in [2.05, 4.69) is 17.1 Å². The second-order valence-electron chi connectivity index (χ2n) is 4.05. The molecule has 2 N–H and O–H groups in total. The van der Waals surface area contributed by atoms with E-state index in [-0.39, 0.29) is 12.1 Å². The second kappa shape index (κ2) is 4.28. The highest BCUT2D eigenvalue weighted by atomic mass is 16.5. The molecule has 1 aromatic heterocycles. The predicted molar refractivity (Wildman–Crippen MR) is 54.0 cm³/mol. The van der Waals surface area contributed by atoms with Crippen LogP contribution in [0.2, 0.25) is 0 Å². The van der Waals surface area contributed by atoms with Crippen LogP contribution in [0.1, 0.15) is 50.6 Å².